The first-order chi connectivity index (χ1) is 17.0. The number of hydrogen-bond acceptors (Lipinski definition) is 4. The molecule has 9 heteroatoms. The van der Waals surface area contributed by atoms with Crippen LogP contribution in [-0.4, -0.2) is 53.4 Å². The first kappa shape index (κ1) is 27.2. The van der Waals surface area contributed by atoms with Gasteiger partial charge >= 0.3 is 6.03 Å². The zero-order valence-corrected chi connectivity index (χ0v) is 22.4. The average molecular weight is 512 g/mol. The van der Waals surface area contributed by atoms with Gasteiger partial charge in [-0.25, -0.2) is 9.48 Å². The summed E-state index contributed by atoms with van der Waals surface area (Å²) < 4.78 is 6.89. The number of carbonyl (C=O) groups excluding carboxylic acids is 2. The second-order valence-electron chi connectivity index (χ2n) is 9.77. The molecule has 0 spiro atoms. The van der Waals surface area contributed by atoms with Crippen molar-refractivity contribution in [3.8, 4) is 5.69 Å². The van der Waals surface area contributed by atoms with Crippen molar-refractivity contribution in [3.63, 3.8) is 0 Å². The molecular weight excluding hydrogens is 478 g/mol. The Morgan fingerprint density at radius 2 is 1.83 bits per heavy atom. The third-order valence-electron chi connectivity index (χ3n) is 5.59. The van der Waals surface area contributed by atoms with E-state index in [4.69, 9.17) is 21.4 Å². The van der Waals surface area contributed by atoms with Crippen LogP contribution >= 0.6 is 11.6 Å². The molecule has 1 heterocycles. The Morgan fingerprint density at radius 3 is 2.47 bits per heavy atom. The van der Waals surface area contributed by atoms with E-state index in [-0.39, 0.29) is 31.0 Å². The summed E-state index contributed by atoms with van der Waals surface area (Å²) >= 11 is 6.03. The number of amides is 3. The van der Waals surface area contributed by atoms with Gasteiger partial charge in [-0.3, -0.25) is 4.79 Å². The van der Waals surface area contributed by atoms with Crippen molar-refractivity contribution in [2.24, 2.45) is 0 Å². The van der Waals surface area contributed by atoms with Gasteiger partial charge in [-0.1, -0.05) is 56.1 Å². The number of rotatable bonds is 8. The lowest BCUT2D eigenvalue weighted by Crippen LogP contribution is -2.42. The maximum absolute atomic E-state index is 13.1. The van der Waals surface area contributed by atoms with Crippen molar-refractivity contribution in [1.29, 1.82) is 0 Å². The van der Waals surface area contributed by atoms with Crippen molar-refractivity contribution in [3.05, 3.63) is 70.4 Å². The van der Waals surface area contributed by atoms with E-state index in [0.29, 0.717) is 16.5 Å². The van der Waals surface area contributed by atoms with Gasteiger partial charge in [0.1, 0.15) is 12.4 Å². The zero-order chi connectivity index (χ0) is 26.5. The topological polar surface area (TPSA) is 88.5 Å². The maximum atomic E-state index is 13.1. The molecule has 0 aliphatic heterocycles. The summed E-state index contributed by atoms with van der Waals surface area (Å²) in [6.45, 7) is 10.6. The van der Waals surface area contributed by atoms with Crippen LogP contribution in [0.15, 0.2) is 48.5 Å². The normalized spacial score (nSPS) is 11.3. The Hall–Kier alpha value is -3.36. The number of aryl methyl sites for hydroxylation is 2. The van der Waals surface area contributed by atoms with Crippen LogP contribution < -0.4 is 10.6 Å². The van der Waals surface area contributed by atoms with E-state index >= 15 is 0 Å². The monoisotopic (exact) mass is 511 g/mol. The maximum Gasteiger partial charge on any atom is 0.322 e. The number of methoxy groups -OCH3 is 1. The molecular formula is C27H34ClN5O3. The zero-order valence-electron chi connectivity index (χ0n) is 21.7. The molecule has 0 bridgehead atoms. The Bertz CT molecular complexity index is 1230. The third-order valence-corrected chi connectivity index (χ3v) is 5.82. The largest absolute Gasteiger partial charge is 0.383 e. The van der Waals surface area contributed by atoms with Crippen LogP contribution in [-0.2, 0) is 14.9 Å². The van der Waals surface area contributed by atoms with Crippen molar-refractivity contribution in [1.82, 2.24) is 14.7 Å². The number of halogens is 1. The van der Waals surface area contributed by atoms with Crippen LogP contribution in [0.5, 0.6) is 0 Å². The highest BCUT2D eigenvalue weighted by atomic mass is 35.5. The molecule has 0 aliphatic carbocycles. The van der Waals surface area contributed by atoms with Crippen molar-refractivity contribution in [2.45, 2.75) is 40.0 Å². The minimum Gasteiger partial charge on any atom is -0.383 e. The van der Waals surface area contributed by atoms with Gasteiger partial charge in [0.15, 0.2) is 0 Å². The highest BCUT2D eigenvalue weighted by Crippen LogP contribution is 2.28. The predicted octanol–water partition coefficient (Wildman–Crippen LogP) is 5.56. The Balaban J connectivity index is 1.83. The van der Waals surface area contributed by atoms with E-state index in [9.17, 15) is 9.59 Å². The molecule has 2 N–H and O–H groups in total. The number of anilines is 2. The minimum absolute atomic E-state index is 0.168. The van der Waals surface area contributed by atoms with E-state index in [1.54, 1.807) is 36.1 Å². The molecule has 0 radical (unpaired) electrons. The fourth-order valence-electron chi connectivity index (χ4n) is 3.64. The van der Waals surface area contributed by atoms with Crippen LogP contribution in [0.2, 0.25) is 5.02 Å². The number of carbonyl (C=O) groups is 2. The molecule has 0 saturated carbocycles. The van der Waals surface area contributed by atoms with Crippen molar-refractivity contribution >= 4 is 35.0 Å². The molecule has 3 rings (SSSR count). The molecule has 3 amide bonds. The minimum atomic E-state index is -0.428. The van der Waals surface area contributed by atoms with E-state index in [1.807, 2.05) is 32.0 Å². The van der Waals surface area contributed by atoms with Gasteiger partial charge in [-0.05, 0) is 43.7 Å². The SMILES string of the molecule is COCCN(CC(=O)Nc1cc(C(C)(C)C)nn1-c1ccc(C)cc1C)C(=O)Nc1cccc(Cl)c1. The van der Waals surface area contributed by atoms with Crippen molar-refractivity contribution < 1.29 is 14.3 Å². The van der Waals surface area contributed by atoms with Gasteiger partial charge in [0.2, 0.25) is 5.91 Å². The molecule has 3 aromatic rings. The van der Waals surface area contributed by atoms with E-state index in [2.05, 4.69) is 37.5 Å². The number of hydrogen-bond donors (Lipinski definition) is 2. The van der Waals surface area contributed by atoms with Crippen LogP contribution in [0.1, 0.15) is 37.6 Å². The number of aromatic nitrogens is 2. The molecule has 0 atom stereocenters. The number of nitrogens with one attached hydrogen (secondary N) is 2. The lowest BCUT2D eigenvalue weighted by molar-refractivity contribution is -0.116. The second kappa shape index (κ2) is 11.6. The van der Waals surface area contributed by atoms with E-state index in [0.717, 1.165) is 22.5 Å². The molecule has 0 fully saturated rings. The highest BCUT2D eigenvalue weighted by Gasteiger charge is 2.23. The molecule has 2 aromatic carbocycles. The fraction of sp³-hybridized carbons (Fsp3) is 0.370. The van der Waals surface area contributed by atoms with Crippen LogP contribution in [0.3, 0.4) is 0 Å². The van der Waals surface area contributed by atoms with Gasteiger partial charge in [-0.15, -0.1) is 0 Å². The summed E-state index contributed by atoms with van der Waals surface area (Å²) in [5.41, 5.74) is 4.22. The summed E-state index contributed by atoms with van der Waals surface area (Å²) in [5, 5.41) is 11.0. The lowest BCUT2D eigenvalue weighted by atomic mass is 9.92. The second-order valence-corrected chi connectivity index (χ2v) is 10.2. The average Bonchev–Trinajstić information content (AvgIpc) is 3.20. The van der Waals surface area contributed by atoms with Crippen LogP contribution in [0.4, 0.5) is 16.3 Å². The number of benzene rings is 2. The van der Waals surface area contributed by atoms with Crippen LogP contribution in [0, 0.1) is 13.8 Å². The summed E-state index contributed by atoms with van der Waals surface area (Å²) in [5.74, 6) is 0.192. The van der Waals surface area contributed by atoms with Crippen molar-refractivity contribution in [2.75, 3.05) is 37.4 Å². The molecule has 0 aliphatic rings. The van der Waals surface area contributed by atoms with Crippen LogP contribution in [0.25, 0.3) is 5.69 Å². The van der Waals surface area contributed by atoms with Gasteiger partial charge in [0.25, 0.3) is 0 Å². The van der Waals surface area contributed by atoms with E-state index < -0.39 is 6.03 Å². The van der Waals surface area contributed by atoms with Gasteiger partial charge in [0.05, 0.1) is 18.0 Å². The highest BCUT2D eigenvalue weighted by molar-refractivity contribution is 6.30. The lowest BCUT2D eigenvalue weighted by Gasteiger charge is -2.22. The molecule has 36 heavy (non-hydrogen) atoms. The Kier molecular flexibility index (Phi) is 8.76. The Labute approximate surface area is 217 Å². The quantitative estimate of drug-likeness (QED) is 0.414. The summed E-state index contributed by atoms with van der Waals surface area (Å²) in [6.07, 6.45) is 0. The first-order valence-corrected chi connectivity index (χ1v) is 12.1. The molecule has 0 unspecified atom stereocenters. The van der Waals surface area contributed by atoms with Gasteiger partial charge in [-0.2, -0.15) is 5.10 Å². The van der Waals surface area contributed by atoms with E-state index in [1.165, 1.54) is 4.90 Å². The summed E-state index contributed by atoms with van der Waals surface area (Å²) in [4.78, 5) is 27.5. The number of ether oxygens (including phenoxy) is 1. The molecule has 0 saturated heterocycles. The molecule has 1 aromatic heterocycles. The number of urea groups is 1. The van der Waals surface area contributed by atoms with Gasteiger partial charge < -0.3 is 20.3 Å². The predicted molar refractivity (Wildman–Crippen MR) is 144 cm³/mol. The molecule has 192 valence electrons. The van der Waals surface area contributed by atoms with Gasteiger partial charge in [0, 0.05) is 35.8 Å². The standard InChI is InChI=1S/C27H34ClN5O3/c1-18-10-11-22(19(2)14-18)33-24(16-23(31-33)27(3,4)5)30-25(34)17-32(12-13-36-6)26(35)29-21-9-7-8-20(28)15-21/h7-11,14-16H,12-13,17H2,1-6H3,(H,29,35)(H,30,34). The summed E-state index contributed by atoms with van der Waals surface area (Å²) in [6, 6.07) is 14.4. The summed E-state index contributed by atoms with van der Waals surface area (Å²) in [7, 11) is 1.55. The molecule has 8 nitrogen and oxygen atoms in total. The fourth-order valence-corrected chi connectivity index (χ4v) is 3.83. The Morgan fingerprint density at radius 1 is 1.08 bits per heavy atom. The third kappa shape index (κ3) is 7.08. The first-order valence-electron chi connectivity index (χ1n) is 11.8. The smallest absolute Gasteiger partial charge is 0.322 e. The number of nitrogens with zero attached hydrogens (tertiary/aromatic N) is 3.